The molecule has 16 heteroatoms. The minimum atomic E-state index is -5.13. The van der Waals surface area contributed by atoms with Crippen LogP contribution in [0, 0.1) is 0 Å². The number of hydrogen-bond acceptors (Lipinski definition) is 5. The molecule has 0 saturated heterocycles. The van der Waals surface area contributed by atoms with E-state index in [2.05, 4.69) is 31.2 Å². The van der Waals surface area contributed by atoms with Crippen LogP contribution in [0.5, 0.6) is 0 Å². The van der Waals surface area contributed by atoms with Gasteiger partial charge in [-0.15, -0.1) is 0 Å². The van der Waals surface area contributed by atoms with Crippen molar-refractivity contribution in [3.8, 4) is 0 Å². The molecule has 0 aliphatic heterocycles. The molecule has 238 valence electrons. The standard InChI is InChI=1S/C29H20BrF9N4O2/c30-23-12-40-25(41-13-23)43(14-18-8-21(28(34,35)36)11-22(9-18)29(37,38)39)15-19-10-20(27(31,32)33)6-7-24(19)42-26(44)45-16-17-4-2-1-3-5-17/h1-13H,14-16H2,(H,42,44). The molecule has 45 heavy (non-hydrogen) atoms. The number of rotatable bonds is 8. The first-order chi connectivity index (χ1) is 21.0. The average molecular weight is 707 g/mol. The van der Waals surface area contributed by atoms with Gasteiger partial charge >= 0.3 is 24.6 Å². The number of benzene rings is 3. The lowest BCUT2D eigenvalue weighted by Gasteiger charge is -2.25. The SMILES string of the molecule is O=C(Nc1ccc(C(F)(F)F)cc1CN(Cc1cc(C(F)(F)F)cc(C(F)(F)F)c1)c1ncc(Br)cn1)OCc1ccccc1. The van der Waals surface area contributed by atoms with Crippen LogP contribution in [0.1, 0.15) is 33.4 Å². The molecule has 0 aliphatic rings. The van der Waals surface area contributed by atoms with Gasteiger partial charge in [-0.1, -0.05) is 30.3 Å². The first kappa shape index (κ1) is 33.6. The molecule has 6 nitrogen and oxygen atoms in total. The second kappa shape index (κ2) is 13.3. The van der Waals surface area contributed by atoms with Crippen molar-refractivity contribution in [2.45, 2.75) is 38.2 Å². The van der Waals surface area contributed by atoms with Crippen molar-refractivity contribution in [2.24, 2.45) is 0 Å². The Morgan fingerprint density at radius 2 is 1.31 bits per heavy atom. The Labute approximate surface area is 258 Å². The van der Waals surface area contributed by atoms with Gasteiger partial charge in [-0.2, -0.15) is 39.5 Å². The molecule has 4 rings (SSSR count). The molecule has 0 radical (unpaired) electrons. The summed E-state index contributed by atoms with van der Waals surface area (Å²) < 4.78 is 128. The number of halogens is 10. The van der Waals surface area contributed by atoms with Crippen molar-refractivity contribution in [1.82, 2.24) is 9.97 Å². The second-order valence-corrected chi connectivity index (χ2v) is 10.4. The van der Waals surface area contributed by atoms with Gasteiger partial charge in [-0.25, -0.2) is 14.8 Å². The highest BCUT2D eigenvalue weighted by Gasteiger charge is 2.37. The van der Waals surface area contributed by atoms with E-state index in [1.54, 1.807) is 30.3 Å². The summed E-state index contributed by atoms with van der Waals surface area (Å²) >= 11 is 3.11. The van der Waals surface area contributed by atoms with E-state index in [9.17, 15) is 44.3 Å². The van der Waals surface area contributed by atoms with Gasteiger partial charge < -0.3 is 9.64 Å². The number of nitrogens with zero attached hydrogens (tertiary/aromatic N) is 3. The van der Waals surface area contributed by atoms with E-state index in [1.165, 1.54) is 12.4 Å². The van der Waals surface area contributed by atoms with Gasteiger partial charge in [-0.05, 0) is 69.0 Å². The summed E-state index contributed by atoms with van der Waals surface area (Å²) in [5, 5.41) is 2.35. The summed E-state index contributed by atoms with van der Waals surface area (Å²) in [6.07, 6.45) is -13.7. The summed E-state index contributed by atoms with van der Waals surface area (Å²) in [5.41, 5.74) is -4.52. The van der Waals surface area contributed by atoms with Gasteiger partial charge in [0.2, 0.25) is 5.95 Å². The fourth-order valence-corrected chi connectivity index (χ4v) is 4.30. The molecule has 1 aromatic heterocycles. The minimum Gasteiger partial charge on any atom is -0.444 e. The molecule has 0 aliphatic carbocycles. The molecule has 1 N–H and O–H groups in total. The Morgan fingerprint density at radius 3 is 1.87 bits per heavy atom. The Bertz CT molecular complexity index is 1600. The van der Waals surface area contributed by atoms with E-state index in [4.69, 9.17) is 4.74 Å². The highest BCUT2D eigenvalue weighted by molar-refractivity contribution is 9.10. The topological polar surface area (TPSA) is 67.4 Å². The van der Waals surface area contributed by atoms with E-state index in [1.807, 2.05) is 0 Å². The van der Waals surface area contributed by atoms with Gasteiger partial charge in [0, 0.05) is 31.2 Å². The predicted molar refractivity (Wildman–Crippen MR) is 148 cm³/mol. The number of hydrogen-bond donors (Lipinski definition) is 1. The van der Waals surface area contributed by atoms with Crippen molar-refractivity contribution in [1.29, 1.82) is 0 Å². The monoisotopic (exact) mass is 706 g/mol. The maximum Gasteiger partial charge on any atom is 0.416 e. The second-order valence-electron chi connectivity index (χ2n) is 9.53. The van der Waals surface area contributed by atoms with Crippen molar-refractivity contribution < 1.29 is 49.0 Å². The number of nitrogens with one attached hydrogen (secondary N) is 1. The third-order valence-corrected chi connectivity index (χ3v) is 6.56. The van der Waals surface area contributed by atoms with E-state index < -0.39 is 60.0 Å². The Balaban J connectivity index is 1.73. The molecule has 3 aromatic carbocycles. The zero-order valence-corrected chi connectivity index (χ0v) is 24.2. The number of aromatic nitrogens is 2. The van der Waals surface area contributed by atoms with Crippen LogP contribution in [0.25, 0.3) is 0 Å². The normalized spacial score (nSPS) is 12.1. The molecule has 1 amide bonds. The van der Waals surface area contributed by atoms with Crippen molar-refractivity contribution in [3.63, 3.8) is 0 Å². The molecule has 0 saturated carbocycles. The van der Waals surface area contributed by atoms with Crippen LogP contribution >= 0.6 is 15.9 Å². The molecule has 1 heterocycles. The maximum atomic E-state index is 13.7. The number of alkyl halides is 9. The Kier molecular flexibility index (Phi) is 9.95. The van der Waals surface area contributed by atoms with Crippen molar-refractivity contribution in [2.75, 3.05) is 10.2 Å². The van der Waals surface area contributed by atoms with Crippen LogP contribution in [0.4, 0.5) is 55.9 Å². The van der Waals surface area contributed by atoms with E-state index in [-0.39, 0.29) is 29.9 Å². The van der Waals surface area contributed by atoms with Crippen molar-refractivity contribution >= 4 is 33.7 Å². The van der Waals surface area contributed by atoms with Crippen LogP contribution in [-0.4, -0.2) is 16.1 Å². The van der Waals surface area contributed by atoms with Crippen molar-refractivity contribution in [3.05, 3.63) is 117 Å². The van der Waals surface area contributed by atoms with E-state index >= 15 is 0 Å². The highest BCUT2D eigenvalue weighted by Crippen LogP contribution is 2.37. The maximum absolute atomic E-state index is 13.7. The summed E-state index contributed by atoms with van der Waals surface area (Å²) in [4.78, 5) is 21.7. The summed E-state index contributed by atoms with van der Waals surface area (Å²) in [6, 6.07) is 11.8. The third-order valence-electron chi connectivity index (χ3n) is 6.15. The molecule has 0 bridgehead atoms. The summed E-state index contributed by atoms with van der Waals surface area (Å²) in [7, 11) is 0. The lowest BCUT2D eigenvalue weighted by Crippen LogP contribution is -2.26. The van der Waals surface area contributed by atoms with Gasteiger partial charge in [0.25, 0.3) is 0 Å². The molecule has 0 atom stereocenters. The zero-order chi connectivity index (χ0) is 33.0. The van der Waals surface area contributed by atoms with Gasteiger partial charge in [0.15, 0.2) is 0 Å². The molecule has 0 unspecified atom stereocenters. The van der Waals surface area contributed by atoms with Gasteiger partial charge in [0.05, 0.1) is 21.2 Å². The summed E-state index contributed by atoms with van der Waals surface area (Å²) in [5.74, 6) is -0.237. The average Bonchev–Trinajstić information content (AvgIpc) is 2.96. The van der Waals surface area contributed by atoms with E-state index in [0.29, 0.717) is 34.3 Å². The number of ether oxygens (including phenoxy) is 1. The Hall–Kier alpha value is -4.34. The lowest BCUT2D eigenvalue weighted by atomic mass is 10.0. The fraction of sp³-hybridized carbons (Fsp3) is 0.207. The summed E-state index contributed by atoms with van der Waals surface area (Å²) in [6.45, 7) is -1.45. The Morgan fingerprint density at radius 1 is 0.733 bits per heavy atom. The third kappa shape index (κ3) is 9.33. The predicted octanol–water partition coefficient (Wildman–Crippen LogP) is 9.25. The quantitative estimate of drug-likeness (QED) is 0.185. The van der Waals surface area contributed by atoms with Gasteiger partial charge in [-0.3, -0.25) is 5.32 Å². The first-order valence-corrected chi connectivity index (χ1v) is 13.5. The van der Waals surface area contributed by atoms with Crippen LogP contribution in [0.3, 0.4) is 0 Å². The molecule has 0 spiro atoms. The number of carbonyl (C=O) groups excluding carboxylic acids is 1. The van der Waals surface area contributed by atoms with Crippen LogP contribution in [0.15, 0.2) is 83.6 Å². The minimum absolute atomic E-state index is 0.0418. The van der Waals surface area contributed by atoms with E-state index in [0.717, 1.165) is 11.0 Å². The lowest BCUT2D eigenvalue weighted by molar-refractivity contribution is -0.143. The number of amides is 1. The molecular weight excluding hydrogens is 687 g/mol. The highest BCUT2D eigenvalue weighted by atomic mass is 79.9. The number of carbonyl (C=O) groups is 1. The molecule has 0 fully saturated rings. The first-order valence-electron chi connectivity index (χ1n) is 12.7. The zero-order valence-electron chi connectivity index (χ0n) is 22.6. The van der Waals surface area contributed by atoms with Crippen LogP contribution in [0.2, 0.25) is 0 Å². The van der Waals surface area contributed by atoms with Gasteiger partial charge in [0.1, 0.15) is 6.61 Å². The van der Waals surface area contributed by atoms with Crippen LogP contribution in [-0.2, 0) is 43.0 Å². The smallest absolute Gasteiger partial charge is 0.416 e. The number of anilines is 2. The largest absolute Gasteiger partial charge is 0.444 e. The molecular formula is C29H20BrF9N4O2. The molecule has 4 aromatic rings. The fourth-order valence-electron chi connectivity index (χ4n) is 4.09. The van der Waals surface area contributed by atoms with Crippen LogP contribution < -0.4 is 10.2 Å².